The van der Waals surface area contributed by atoms with E-state index in [-0.39, 0.29) is 16.1 Å². The molecule has 2 atom stereocenters. The second kappa shape index (κ2) is 4.55. The molecule has 0 saturated carbocycles. The van der Waals surface area contributed by atoms with E-state index in [0.717, 1.165) is 31.4 Å². The minimum absolute atomic E-state index is 0.0896. The summed E-state index contributed by atoms with van der Waals surface area (Å²) < 4.78 is 13.4. The van der Waals surface area contributed by atoms with Gasteiger partial charge in [0.15, 0.2) is 5.82 Å². The minimum Gasteiger partial charge on any atom is -0.365 e. The molecule has 3 rings (SSSR count). The molecule has 1 aromatic rings. The highest BCUT2D eigenvalue weighted by molar-refractivity contribution is 6.35. The molecule has 2 heterocycles. The third-order valence-corrected chi connectivity index (χ3v) is 4.59. The number of rotatable bonds is 1. The number of piperidine rings is 1. The molecule has 2 fully saturated rings. The third-order valence-electron chi connectivity index (χ3n) is 4.04. The number of anilines is 1. The van der Waals surface area contributed by atoms with E-state index in [1.807, 2.05) is 0 Å². The summed E-state index contributed by atoms with van der Waals surface area (Å²) in [6.07, 6.45) is 4.27. The summed E-state index contributed by atoms with van der Waals surface area (Å²) in [5.41, 5.74) is 6.96. The SMILES string of the molecule is NC1CC2CCC(C1)N2c1cc(Cl)c(F)c(Cl)c1. The van der Waals surface area contributed by atoms with E-state index in [2.05, 4.69) is 4.90 Å². The van der Waals surface area contributed by atoms with E-state index in [0.29, 0.717) is 12.1 Å². The van der Waals surface area contributed by atoms with Crippen LogP contribution in [0.2, 0.25) is 10.0 Å². The molecule has 18 heavy (non-hydrogen) atoms. The molecule has 1 aromatic carbocycles. The molecule has 98 valence electrons. The first-order chi connectivity index (χ1) is 8.56. The second-order valence-electron chi connectivity index (χ2n) is 5.25. The van der Waals surface area contributed by atoms with Crippen molar-refractivity contribution in [2.24, 2.45) is 5.73 Å². The normalized spacial score (nSPS) is 30.9. The summed E-state index contributed by atoms with van der Waals surface area (Å²) in [6.45, 7) is 0. The average molecular weight is 289 g/mol. The molecule has 0 aromatic heterocycles. The van der Waals surface area contributed by atoms with Crippen LogP contribution in [0.15, 0.2) is 12.1 Å². The molecule has 5 heteroatoms. The van der Waals surface area contributed by atoms with Crippen LogP contribution in [0.4, 0.5) is 10.1 Å². The van der Waals surface area contributed by atoms with Gasteiger partial charge in [0.1, 0.15) is 0 Å². The van der Waals surface area contributed by atoms with Crippen LogP contribution in [-0.4, -0.2) is 18.1 Å². The Balaban J connectivity index is 1.96. The molecule has 0 spiro atoms. The molecule has 2 bridgehead atoms. The van der Waals surface area contributed by atoms with E-state index in [1.54, 1.807) is 12.1 Å². The highest BCUT2D eigenvalue weighted by Gasteiger charge is 2.39. The quantitative estimate of drug-likeness (QED) is 0.800. The van der Waals surface area contributed by atoms with Gasteiger partial charge in [0, 0.05) is 23.8 Å². The predicted molar refractivity (Wildman–Crippen MR) is 72.9 cm³/mol. The number of fused-ring (bicyclic) bond motifs is 2. The van der Waals surface area contributed by atoms with Crippen LogP contribution in [0.3, 0.4) is 0 Å². The van der Waals surface area contributed by atoms with Gasteiger partial charge < -0.3 is 10.6 Å². The monoisotopic (exact) mass is 288 g/mol. The van der Waals surface area contributed by atoms with Gasteiger partial charge in [-0.05, 0) is 37.8 Å². The van der Waals surface area contributed by atoms with Gasteiger partial charge in [-0.3, -0.25) is 0 Å². The van der Waals surface area contributed by atoms with Gasteiger partial charge in [0.25, 0.3) is 0 Å². The molecule has 2 aliphatic rings. The number of hydrogen-bond donors (Lipinski definition) is 1. The van der Waals surface area contributed by atoms with Crippen molar-refractivity contribution in [1.29, 1.82) is 0 Å². The van der Waals surface area contributed by atoms with E-state index in [1.165, 1.54) is 0 Å². The van der Waals surface area contributed by atoms with Crippen molar-refractivity contribution in [1.82, 2.24) is 0 Å². The smallest absolute Gasteiger partial charge is 0.160 e. The summed E-state index contributed by atoms with van der Waals surface area (Å²) in [6, 6.07) is 4.51. The number of hydrogen-bond acceptors (Lipinski definition) is 2. The fourth-order valence-electron chi connectivity index (χ4n) is 3.33. The fourth-order valence-corrected chi connectivity index (χ4v) is 3.81. The first kappa shape index (κ1) is 12.5. The third kappa shape index (κ3) is 1.98. The van der Waals surface area contributed by atoms with Gasteiger partial charge >= 0.3 is 0 Å². The maximum absolute atomic E-state index is 13.4. The molecule has 2 unspecified atom stereocenters. The van der Waals surface area contributed by atoms with Gasteiger partial charge in [0.2, 0.25) is 0 Å². The standard InChI is InChI=1S/C13H15Cl2FN2/c14-11-5-10(6-12(15)13(11)16)18-8-1-2-9(18)4-7(17)3-8/h5-9H,1-4,17H2. The number of benzene rings is 1. The Labute approximate surface area is 116 Å². The van der Waals surface area contributed by atoms with Crippen LogP contribution in [0.25, 0.3) is 0 Å². The first-order valence-corrected chi connectivity index (χ1v) is 7.00. The van der Waals surface area contributed by atoms with Crippen LogP contribution in [0, 0.1) is 5.82 Å². The number of nitrogens with zero attached hydrogens (tertiary/aromatic N) is 1. The van der Waals surface area contributed by atoms with Crippen molar-refractivity contribution in [3.05, 3.63) is 28.0 Å². The van der Waals surface area contributed by atoms with Crippen LogP contribution in [-0.2, 0) is 0 Å². The summed E-state index contributed by atoms with van der Waals surface area (Å²) in [5.74, 6) is -0.539. The van der Waals surface area contributed by atoms with Gasteiger partial charge in [-0.15, -0.1) is 0 Å². The van der Waals surface area contributed by atoms with Crippen molar-refractivity contribution in [2.45, 2.75) is 43.8 Å². The highest BCUT2D eigenvalue weighted by atomic mass is 35.5. The zero-order valence-electron chi connectivity index (χ0n) is 9.87. The number of halogens is 3. The Kier molecular flexibility index (Phi) is 3.16. The fraction of sp³-hybridized carbons (Fsp3) is 0.538. The van der Waals surface area contributed by atoms with Crippen molar-refractivity contribution in [3.8, 4) is 0 Å². The lowest BCUT2D eigenvalue weighted by atomic mass is 9.97. The molecular weight excluding hydrogens is 274 g/mol. The van der Waals surface area contributed by atoms with Crippen LogP contribution >= 0.6 is 23.2 Å². The first-order valence-electron chi connectivity index (χ1n) is 6.24. The Bertz CT molecular complexity index is 443. The van der Waals surface area contributed by atoms with Crippen molar-refractivity contribution in [3.63, 3.8) is 0 Å². The topological polar surface area (TPSA) is 29.3 Å². The minimum atomic E-state index is -0.539. The molecule has 2 aliphatic heterocycles. The molecule has 0 aliphatic carbocycles. The Hall–Kier alpha value is -0.510. The van der Waals surface area contributed by atoms with Gasteiger partial charge in [-0.25, -0.2) is 4.39 Å². The molecule has 0 radical (unpaired) electrons. The zero-order valence-corrected chi connectivity index (χ0v) is 11.4. The summed E-state index contributed by atoms with van der Waals surface area (Å²) in [5, 5.41) is 0.179. The van der Waals surface area contributed by atoms with Crippen LogP contribution in [0.1, 0.15) is 25.7 Å². The van der Waals surface area contributed by atoms with Gasteiger partial charge in [-0.1, -0.05) is 23.2 Å². The summed E-state index contributed by atoms with van der Waals surface area (Å²) in [7, 11) is 0. The van der Waals surface area contributed by atoms with Crippen LogP contribution < -0.4 is 10.6 Å². The van der Waals surface area contributed by atoms with Crippen LogP contribution in [0.5, 0.6) is 0 Å². The van der Waals surface area contributed by atoms with Gasteiger partial charge in [0.05, 0.1) is 10.0 Å². The maximum atomic E-state index is 13.4. The Morgan fingerprint density at radius 1 is 1.11 bits per heavy atom. The zero-order chi connectivity index (χ0) is 12.9. The lowest BCUT2D eigenvalue weighted by molar-refractivity contribution is 0.414. The summed E-state index contributed by atoms with van der Waals surface area (Å²) in [4.78, 5) is 2.32. The Morgan fingerprint density at radius 3 is 2.11 bits per heavy atom. The largest absolute Gasteiger partial charge is 0.365 e. The maximum Gasteiger partial charge on any atom is 0.160 e. The van der Waals surface area contributed by atoms with Gasteiger partial charge in [-0.2, -0.15) is 0 Å². The van der Waals surface area contributed by atoms with Crippen molar-refractivity contribution < 1.29 is 4.39 Å². The molecule has 0 amide bonds. The Morgan fingerprint density at radius 2 is 1.61 bits per heavy atom. The average Bonchev–Trinajstić information content (AvgIpc) is 2.58. The van der Waals surface area contributed by atoms with Crippen molar-refractivity contribution in [2.75, 3.05) is 4.90 Å². The van der Waals surface area contributed by atoms with E-state index in [4.69, 9.17) is 28.9 Å². The predicted octanol–water partition coefficient (Wildman–Crippen LogP) is 3.59. The van der Waals surface area contributed by atoms with E-state index in [9.17, 15) is 4.39 Å². The molecular formula is C13H15Cl2FN2. The number of nitrogens with two attached hydrogens (primary N) is 1. The second-order valence-corrected chi connectivity index (χ2v) is 6.06. The highest BCUT2D eigenvalue weighted by Crippen LogP contribution is 2.41. The van der Waals surface area contributed by atoms with E-state index >= 15 is 0 Å². The van der Waals surface area contributed by atoms with E-state index < -0.39 is 5.82 Å². The summed E-state index contributed by atoms with van der Waals surface area (Å²) >= 11 is 11.7. The van der Waals surface area contributed by atoms with Crippen molar-refractivity contribution >= 4 is 28.9 Å². The molecule has 2 N–H and O–H groups in total. The lowest BCUT2D eigenvalue weighted by Gasteiger charge is -2.39. The molecule has 2 nitrogen and oxygen atoms in total. The lowest BCUT2D eigenvalue weighted by Crippen LogP contribution is -2.47. The molecule has 2 saturated heterocycles.